The second-order valence-electron chi connectivity index (χ2n) is 6.69. The van der Waals surface area contributed by atoms with Crippen molar-refractivity contribution in [2.24, 2.45) is 0 Å². The molecule has 2 aromatic rings. The molecule has 0 bridgehead atoms. The van der Waals surface area contributed by atoms with Crippen LogP contribution in [0.5, 0.6) is 0 Å². The van der Waals surface area contributed by atoms with Crippen molar-refractivity contribution in [2.75, 3.05) is 0 Å². The Morgan fingerprint density at radius 2 is 1.74 bits per heavy atom. The maximum atomic E-state index is 14.5. The molecule has 120 valence electrons. The summed E-state index contributed by atoms with van der Waals surface area (Å²) in [4.78, 5) is 0. The van der Waals surface area contributed by atoms with Gasteiger partial charge in [-0.25, -0.2) is 4.39 Å². The fourth-order valence-corrected chi connectivity index (χ4v) is 2.34. The zero-order valence-corrected chi connectivity index (χ0v) is 13.8. The molecule has 1 aromatic carbocycles. The summed E-state index contributed by atoms with van der Waals surface area (Å²) in [7, 11) is -0.997. The van der Waals surface area contributed by atoms with E-state index >= 15 is 0 Å². The van der Waals surface area contributed by atoms with Crippen LogP contribution in [0.3, 0.4) is 0 Å². The molecule has 3 rings (SSSR count). The smallest absolute Gasteiger partial charge is 0.398 e. The highest BCUT2D eigenvalue weighted by Crippen LogP contribution is 2.39. The molecule has 1 saturated heterocycles. The van der Waals surface area contributed by atoms with Gasteiger partial charge in [0.25, 0.3) is 0 Å². The molecular formula is C17H20BFN2O2. The molecule has 0 saturated carbocycles. The van der Waals surface area contributed by atoms with Crippen molar-refractivity contribution in [3.05, 3.63) is 47.8 Å². The van der Waals surface area contributed by atoms with Gasteiger partial charge in [0.15, 0.2) is 0 Å². The van der Waals surface area contributed by atoms with E-state index in [1.807, 2.05) is 58.0 Å². The van der Waals surface area contributed by atoms with Gasteiger partial charge >= 0.3 is 7.12 Å². The largest absolute Gasteiger partial charge is 0.525 e. The van der Waals surface area contributed by atoms with Crippen LogP contribution in [0.25, 0.3) is 17.3 Å². The summed E-state index contributed by atoms with van der Waals surface area (Å²) in [5, 5.41) is 7.03. The zero-order valence-electron chi connectivity index (χ0n) is 13.8. The van der Waals surface area contributed by atoms with Crippen LogP contribution in [-0.4, -0.2) is 28.5 Å². The van der Waals surface area contributed by atoms with Gasteiger partial charge in [0, 0.05) is 5.56 Å². The lowest BCUT2D eigenvalue weighted by atomic mass is 9.87. The minimum Gasteiger partial charge on any atom is -0.398 e. The number of aromatic nitrogens is 2. The summed E-state index contributed by atoms with van der Waals surface area (Å²) in [5.74, 6) is 0. The van der Waals surface area contributed by atoms with Crippen molar-refractivity contribution in [1.29, 1.82) is 0 Å². The van der Waals surface area contributed by atoms with E-state index in [0.29, 0.717) is 5.69 Å². The van der Waals surface area contributed by atoms with Crippen LogP contribution in [0, 0.1) is 0 Å². The van der Waals surface area contributed by atoms with E-state index in [4.69, 9.17) is 9.31 Å². The molecule has 1 N–H and O–H groups in total. The number of benzene rings is 1. The second kappa shape index (κ2) is 5.62. The van der Waals surface area contributed by atoms with Crippen molar-refractivity contribution in [1.82, 2.24) is 10.2 Å². The third kappa shape index (κ3) is 3.09. The summed E-state index contributed by atoms with van der Waals surface area (Å²) in [6.45, 7) is 7.57. The fraction of sp³-hybridized carbons (Fsp3) is 0.353. The Labute approximate surface area is 135 Å². The highest BCUT2D eigenvalue weighted by Gasteiger charge is 2.53. The van der Waals surface area contributed by atoms with E-state index in [9.17, 15) is 4.39 Å². The van der Waals surface area contributed by atoms with Gasteiger partial charge < -0.3 is 9.31 Å². The summed E-state index contributed by atoms with van der Waals surface area (Å²) < 4.78 is 25.8. The van der Waals surface area contributed by atoms with Gasteiger partial charge in [-0.2, -0.15) is 5.10 Å². The Hall–Kier alpha value is -1.92. The van der Waals surface area contributed by atoms with Gasteiger partial charge in [0.1, 0.15) is 5.73 Å². The highest BCUT2D eigenvalue weighted by atomic mass is 19.1. The number of nitrogens with one attached hydrogen (secondary N) is 1. The Kier molecular flexibility index (Phi) is 3.90. The molecule has 0 atom stereocenters. The van der Waals surface area contributed by atoms with E-state index in [2.05, 4.69) is 10.2 Å². The van der Waals surface area contributed by atoms with E-state index < -0.39 is 24.0 Å². The first kappa shape index (κ1) is 16.0. The molecule has 1 aliphatic heterocycles. The Morgan fingerprint density at radius 1 is 1.13 bits per heavy atom. The van der Waals surface area contributed by atoms with Crippen LogP contribution in [0.4, 0.5) is 4.39 Å². The van der Waals surface area contributed by atoms with Gasteiger partial charge in [0.2, 0.25) is 0 Å². The highest BCUT2D eigenvalue weighted by molar-refractivity contribution is 6.54. The van der Waals surface area contributed by atoms with Crippen molar-refractivity contribution >= 4 is 13.2 Å². The number of hydrogen-bond acceptors (Lipinski definition) is 3. The SMILES string of the molecule is CC1(C)OB(C(F)=Cc2cc(-c3ccccc3)n[nH]2)OC1(C)C. The summed E-state index contributed by atoms with van der Waals surface area (Å²) in [6.07, 6.45) is 1.36. The number of aromatic amines is 1. The molecule has 0 amide bonds. The molecule has 0 radical (unpaired) electrons. The first-order valence-corrected chi connectivity index (χ1v) is 7.62. The van der Waals surface area contributed by atoms with E-state index in [1.165, 1.54) is 6.08 Å². The summed E-state index contributed by atoms with van der Waals surface area (Å²) in [6, 6.07) is 11.5. The molecule has 4 nitrogen and oxygen atoms in total. The van der Waals surface area contributed by atoms with Crippen LogP contribution < -0.4 is 0 Å². The predicted octanol–water partition coefficient (Wildman–Crippen LogP) is 4.02. The Bertz CT molecular complexity index is 709. The number of halogens is 1. The lowest BCUT2D eigenvalue weighted by Crippen LogP contribution is -2.41. The minimum atomic E-state index is -0.997. The Morgan fingerprint density at radius 3 is 2.35 bits per heavy atom. The predicted molar refractivity (Wildman–Crippen MR) is 89.2 cm³/mol. The van der Waals surface area contributed by atoms with Gasteiger partial charge in [-0.3, -0.25) is 5.10 Å². The van der Waals surface area contributed by atoms with Gasteiger partial charge in [-0.1, -0.05) is 30.3 Å². The number of rotatable bonds is 3. The first-order valence-electron chi connectivity index (χ1n) is 7.62. The molecule has 23 heavy (non-hydrogen) atoms. The van der Waals surface area contributed by atoms with Crippen molar-refractivity contribution in [3.63, 3.8) is 0 Å². The van der Waals surface area contributed by atoms with Gasteiger partial charge in [-0.05, 0) is 39.8 Å². The molecule has 1 fully saturated rings. The summed E-state index contributed by atoms with van der Waals surface area (Å²) in [5.41, 5.74) is 0.693. The lowest BCUT2D eigenvalue weighted by Gasteiger charge is -2.32. The monoisotopic (exact) mass is 314 g/mol. The van der Waals surface area contributed by atoms with Gasteiger partial charge in [0.05, 0.1) is 22.6 Å². The second-order valence-corrected chi connectivity index (χ2v) is 6.69. The van der Waals surface area contributed by atoms with Crippen LogP contribution in [0.2, 0.25) is 0 Å². The van der Waals surface area contributed by atoms with Gasteiger partial charge in [-0.15, -0.1) is 0 Å². The third-order valence-corrected chi connectivity index (χ3v) is 4.44. The standard InChI is InChI=1S/C17H20BFN2O2/c1-16(2)17(3,4)23-18(22-16)15(19)11-13-10-14(21-20-13)12-8-6-5-7-9-12/h5-11H,1-4H3,(H,20,21). The molecule has 1 aromatic heterocycles. The average molecular weight is 314 g/mol. The minimum absolute atomic E-state index is 0.480. The maximum absolute atomic E-state index is 14.5. The summed E-state index contributed by atoms with van der Waals surface area (Å²) >= 11 is 0. The van der Waals surface area contributed by atoms with Crippen molar-refractivity contribution in [3.8, 4) is 11.3 Å². The topological polar surface area (TPSA) is 47.1 Å². The number of H-pyrrole nitrogens is 1. The third-order valence-electron chi connectivity index (χ3n) is 4.44. The molecular weight excluding hydrogens is 294 g/mol. The quantitative estimate of drug-likeness (QED) is 0.871. The molecule has 0 unspecified atom stereocenters. The first-order chi connectivity index (χ1) is 10.8. The van der Waals surface area contributed by atoms with Crippen molar-refractivity contribution < 1.29 is 13.7 Å². The van der Waals surface area contributed by atoms with Crippen LogP contribution in [-0.2, 0) is 9.31 Å². The fourth-order valence-electron chi connectivity index (χ4n) is 2.34. The number of hydrogen-bond donors (Lipinski definition) is 1. The Balaban J connectivity index is 1.79. The molecule has 0 spiro atoms. The van der Waals surface area contributed by atoms with Crippen LogP contribution >= 0.6 is 0 Å². The molecule has 6 heteroatoms. The number of nitrogens with zero attached hydrogens (tertiary/aromatic N) is 1. The van der Waals surface area contributed by atoms with E-state index in [1.54, 1.807) is 6.07 Å². The normalized spacial score (nSPS) is 20.0. The van der Waals surface area contributed by atoms with Crippen LogP contribution in [0.15, 0.2) is 42.1 Å². The average Bonchev–Trinajstić information content (AvgIpc) is 3.03. The molecule has 0 aliphatic carbocycles. The molecule has 2 heterocycles. The molecule has 1 aliphatic rings. The zero-order chi connectivity index (χ0) is 16.7. The maximum Gasteiger partial charge on any atom is 0.525 e. The van der Waals surface area contributed by atoms with E-state index in [0.717, 1.165) is 11.3 Å². The lowest BCUT2D eigenvalue weighted by molar-refractivity contribution is 0.00578. The van der Waals surface area contributed by atoms with Crippen LogP contribution in [0.1, 0.15) is 33.4 Å². The van der Waals surface area contributed by atoms with E-state index in [-0.39, 0.29) is 0 Å². The van der Waals surface area contributed by atoms with Crippen molar-refractivity contribution in [2.45, 2.75) is 38.9 Å².